The number of thioether (sulfide) groups is 1. The summed E-state index contributed by atoms with van der Waals surface area (Å²) in [5.74, 6) is -0.451. The summed E-state index contributed by atoms with van der Waals surface area (Å²) in [5.41, 5.74) is 0.452. The summed E-state index contributed by atoms with van der Waals surface area (Å²) < 4.78 is 4.80. The summed E-state index contributed by atoms with van der Waals surface area (Å²) >= 11 is 13.0. The van der Waals surface area contributed by atoms with E-state index < -0.39 is 5.25 Å². The lowest BCUT2D eigenvalue weighted by atomic mass is 10.3. The van der Waals surface area contributed by atoms with E-state index in [0.29, 0.717) is 22.3 Å². The highest BCUT2D eigenvalue weighted by Gasteiger charge is 2.17. The number of hydrogen-bond acceptors (Lipinski definition) is 4. The molecule has 1 amide bonds. The molecule has 20 heavy (non-hydrogen) atoms. The third-order valence-corrected chi connectivity index (χ3v) is 4.27. The van der Waals surface area contributed by atoms with Crippen LogP contribution < -0.4 is 5.32 Å². The zero-order valence-electron chi connectivity index (χ0n) is 11.1. The van der Waals surface area contributed by atoms with Gasteiger partial charge in [-0.25, -0.2) is 0 Å². The molecule has 0 heterocycles. The van der Waals surface area contributed by atoms with Gasteiger partial charge in [0.2, 0.25) is 5.91 Å². The maximum absolute atomic E-state index is 12.0. The number of ether oxygens (including phenoxy) is 1. The molecule has 0 aliphatic rings. The van der Waals surface area contributed by atoms with E-state index in [4.69, 9.17) is 27.9 Å². The zero-order valence-corrected chi connectivity index (χ0v) is 13.4. The molecule has 1 atom stereocenters. The second kappa shape index (κ2) is 8.39. The van der Waals surface area contributed by atoms with E-state index in [1.165, 1.54) is 11.8 Å². The second-order valence-electron chi connectivity index (χ2n) is 3.85. The van der Waals surface area contributed by atoms with Crippen LogP contribution in [-0.2, 0) is 14.3 Å². The fourth-order valence-electron chi connectivity index (χ4n) is 1.31. The van der Waals surface area contributed by atoms with Gasteiger partial charge in [-0.2, -0.15) is 0 Å². The third-order valence-electron chi connectivity index (χ3n) is 2.34. The Kier molecular flexibility index (Phi) is 7.19. The molecule has 1 unspecified atom stereocenters. The fraction of sp³-hybridized carbons (Fsp3) is 0.385. The van der Waals surface area contributed by atoms with Gasteiger partial charge in [0.25, 0.3) is 0 Å². The maximum atomic E-state index is 12.0. The number of halogens is 2. The number of benzene rings is 1. The third kappa shape index (κ3) is 5.23. The molecule has 0 saturated carbocycles. The van der Waals surface area contributed by atoms with Crippen LogP contribution in [0, 0.1) is 0 Å². The van der Waals surface area contributed by atoms with Gasteiger partial charge in [0.15, 0.2) is 0 Å². The van der Waals surface area contributed by atoms with Crippen LogP contribution in [0.25, 0.3) is 0 Å². The van der Waals surface area contributed by atoms with Crippen molar-refractivity contribution in [2.45, 2.75) is 19.1 Å². The predicted octanol–water partition coefficient (Wildman–Crippen LogP) is 3.62. The van der Waals surface area contributed by atoms with Crippen molar-refractivity contribution in [3.63, 3.8) is 0 Å². The van der Waals surface area contributed by atoms with E-state index in [1.54, 1.807) is 32.0 Å². The molecular formula is C13H15Cl2NO3S. The Morgan fingerprint density at radius 3 is 2.75 bits per heavy atom. The van der Waals surface area contributed by atoms with E-state index >= 15 is 0 Å². The molecule has 0 aliphatic heterocycles. The van der Waals surface area contributed by atoms with Gasteiger partial charge in [-0.05, 0) is 26.0 Å². The van der Waals surface area contributed by atoms with Gasteiger partial charge in [-0.15, -0.1) is 11.8 Å². The minimum Gasteiger partial charge on any atom is -0.465 e. The first-order chi connectivity index (χ1) is 9.45. The van der Waals surface area contributed by atoms with E-state index in [-0.39, 0.29) is 17.6 Å². The number of amides is 1. The van der Waals surface area contributed by atoms with Crippen LogP contribution >= 0.6 is 35.0 Å². The van der Waals surface area contributed by atoms with Gasteiger partial charge in [0, 0.05) is 0 Å². The maximum Gasteiger partial charge on any atom is 0.315 e. The Morgan fingerprint density at radius 2 is 2.10 bits per heavy atom. The lowest BCUT2D eigenvalue weighted by Crippen LogP contribution is -2.24. The Bertz CT molecular complexity index is 497. The van der Waals surface area contributed by atoms with Gasteiger partial charge < -0.3 is 10.1 Å². The Labute approximate surface area is 132 Å². The minimum absolute atomic E-state index is 0.131. The molecule has 0 bridgehead atoms. The standard InChI is InChI=1S/C13H15Cl2NO3S/c1-3-19-11(17)7-20-8(2)13(18)16-10-6-4-5-9(14)12(10)15/h4-6,8H,3,7H2,1-2H3,(H,16,18). The second-order valence-corrected chi connectivity index (χ2v) is 5.96. The van der Waals surface area contributed by atoms with Crippen LogP contribution in [0.1, 0.15) is 13.8 Å². The molecular weight excluding hydrogens is 321 g/mol. The van der Waals surface area contributed by atoms with Gasteiger partial charge in [-0.3, -0.25) is 9.59 Å². The van der Waals surface area contributed by atoms with Crippen molar-refractivity contribution in [1.82, 2.24) is 0 Å². The Balaban J connectivity index is 2.53. The number of hydrogen-bond donors (Lipinski definition) is 1. The smallest absolute Gasteiger partial charge is 0.315 e. The lowest BCUT2D eigenvalue weighted by Gasteiger charge is -2.13. The van der Waals surface area contributed by atoms with Gasteiger partial charge in [0.1, 0.15) is 0 Å². The summed E-state index contributed by atoms with van der Waals surface area (Å²) in [6, 6.07) is 4.99. The van der Waals surface area contributed by atoms with Crippen LogP contribution in [-0.4, -0.2) is 29.5 Å². The normalized spacial score (nSPS) is 11.8. The van der Waals surface area contributed by atoms with Crippen molar-refractivity contribution >= 4 is 52.5 Å². The fourth-order valence-corrected chi connectivity index (χ4v) is 2.33. The summed E-state index contributed by atoms with van der Waals surface area (Å²) in [5, 5.41) is 2.94. The van der Waals surface area contributed by atoms with Gasteiger partial charge in [-0.1, -0.05) is 29.3 Å². The van der Waals surface area contributed by atoms with E-state index in [1.807, 2.05) is 0 Å². The SMILES string of the molecule is CCOC(=O)CSC(C)C(=O)Nc1cccc(Cl)c1Cl. The topological polar surface area (TPSA) is 55.4 Å². The van der Waals surface area contributed by atoms with Crippen LogP contribution in [0.4, 0.5) is 5.69 Å². The van der Waals surface area contributed by atoms with Crippen LogP contribution in [0.5, 0.6) is 0 Å². The lowest BCUT2D eigenvalue weighted by molar-refractivity contribution is -0.139. The predicted molar refractivity (Wildman–Crippen MR) is 83.6 cm³/mol. The van der Waals surface area contributed by atoms with Crippen LogP contribution in [0.15, 0.2) is 18.2 Å². The number of carbonyl (C=O) groups excluding carboxylic acids is 2. The molecule has 0 fully saturated rings. The molecule has 0 aromatic heterocycles. The molecule has 7 heteroatoms. The first kappa shape index (κ1) is 17.1. The number of nitrogens with one attached hydrogen (secondary N) is 1. The first-order valence-corrected chi connectivity index (χ1v) is 7.78. The first-order valence-electron chi connectivity index (χ1n) is 5.97. The van der Waals surface area contributed by atoms with Gasteiger partial charge in [0.05, 0.1) is 33.3 Å². The van der Waals surface area contributed by atoms with Crippen molar-refractivity contribution in [2.24, 2.45) is 0 Å². The monoisotopic (exact) mass is 335 g/mol. The van der Waals surface area contributed by atoms with E-state index in [9.17, 15) is 9.59 Å². The Morgan fingerprint density at radius 1 is 1.40 bits per heavy atom. The largest absolute Gasteiger partial charge is 0.465 e. The van der Waals surface area contributed by atoms with Crippen molar-refractivity contribution < 1.29 is 14.3 Å². The molecule has 1 aromatic carbocycles. The molecule has 0 saturated heterocycles. The molecule has 110 valence electrons. The molecule has 1 aromatic rings. The molecule has 0 radical (unpaired) electrons. The van der Waals surface area contributed by atoms with Crippen molar-refractivity contribution in [3.05, 3.63) is 28.2 Å². The highest BCUT2D eigenvalue weighted by molar-refractivity contribution is 8.01. The number of esters is 1. The molecule has 1 N–H and O–H groups in total. The average Bonchev–Trinajstić information content (AvgIpc) is 2.41. The highest BCUT2D eigenvalue weighted by atomic mass is 35.5. The Hall–Kier alpha value is -0.910. The van der Waals surface area contributed by atoms with Crippen LogP contribution in [0.2, 0.25) is 10.0 Å². The molecule has 0 aliphatic carbocycles. The minimum atomic E-state index is -0.408. The molecule has 4 nitrogen and oxygen atoms in total. The zero-order chi connectivity index (χ0) is 15.1. The summed E-state index contributed by atoms with van der Waals surface area (Å²) in [6.45, 7) is 3.77. The average molecular weight is 336 g/mol. The number of anilines is 1. The summed E-state index contributed by atoms with van der Waals surface area (Å²) in [6.07, 6.45) is 0. The number of rotatable bonds is 6. The highest BCUT2D eigenvalue weighted by Crippen LogP contribution is 2.30. The quantitative estimate of drug-likeness (QED) is 0.806. The van der Waals surface area contributed by atoms with Crippen molar-refractivity contribution in [3.8, 4) is 0 Å². The van der Waals surface area contributed by atoms with Crippen molar-refractivity contribution in [2.75, 3.05) is 17.7 Å². The van der Waals surface area contributed by atoms with E-state index in [0.717, 1.165) is 0 Å². The summed E-state index contributed by atoms with van der Waals surface area (Å²) in [4.78, 5) is 23.2. The van der Waals surface area contributed by atoms with E-state index in [2.05, 4.69) is 5.32 Å². The van der Waals surface area contributed by atoms with Crippen LogP contribution in [0.3, 0.4) is 0 Å². The molecule has 0 spiro atoms. The van der Waals surface area contributed by atoms with Crippen molar-refractivity contribution in [1.29, 1.82) is 0 Å². The summed E-state index contributed by atoms with van der Waals surface area (Å²) in [7, 11) is 0. The molecule has 1 rings (SSSR count). The number of carbonyl (C=O) groups is 2. The van der Waals surface area contributed by atoms with Gasteiger partial charge >= 0.3 is 5.97 Å².